The minimum absolute atomic E-state index is 0.127. The molecular formula is C23H15NO5. The standard InChI is InChI=1S/C23H15NO5/c25-10-9-14-12-16-15-6-2-4-8-19(15)29-23(27)21(16)24-20(14)17-11-13-5-1-3-7-18(13)28-22(17)26/h1-8,11-12,25H,9-10H2. The molecule has 0 saturated heterocycles. The van der Waals surface area contributed by atoms with Crippen LogP contribution >= 0.6 is 0 Å². The van der Waals surface area contributed by atoms with Gasteiger partial charge in [-0.25, -0.2) is 14.6 Å². The Morgan fingerprint density at radius 1 is 0.828 bits per heavy atom. The number of aliphatic hydroxyl groups excluding tert-OH is 1. The van der Waals surface area contributed by atoms with Gasteiger partial charge < -0.3 is 13.9 Å². The Kier molecular flexibility index (Phi) is 4.00. The third-order valence-electron chi connectivity index (χ3n) is 4.95. The summed E-state index contributed by atoms with van der Waals surface area (Å²) in [5.74, 6) is 0. The molecule has 0 aliphatic rings. The van der Waals surface area contributed by atoms with Gasteiger partial charge in [-0.2, -0.15) is 0 Å². The summed E-state index contributed by atoms with van der Waals surface area (Å²) >= 11 is 0. The van der Waals surface area contributed by atoms with Crippen LogP contribution in [-0.2, 0) is 6.42 Å². The smallest absolute Gasteiger partial charge is 0.363 e. The van der Waals surface area contributed by atoms with Gasteiger partial charge in [-0.05, 0) is 36.2 Å². The highest BCUT2D eigenvalue weighted by atomic mass is 16.4. The van der Waals surface area contributed by atoms with Crippen molar-refractivity contribution >= 4 is 32.8 Å². The van der Waals surface area contributed by atoms with Crippen molar-refractivity contribution in [1.29, 1.82) is 0 Å². The predicted molar refractivity (Wildman–Crippen MR) is 110 cm³/mol. The highest BCUT2D eigenvalue weighted by Crippen LogP contribution is 2.29. The maximum atomic E-state index is 12.7. The first-order chi connectivity index (χ1) is 14.2. The molecule has 2 aromatic carbocycles. The largest absolute Gasteiger partial charge is 0.422 e. The van der Waals surface area contributed by atoms with E-state index < -0.39 is 11.3 Å². The zero-order valence-electron chi connectivity index (χ0n) is 15.2. The molecule has 6 nitrogen and oxygen atoms in total. The van der Waals surface area contributed by atoms with E-state index in [1.54, 1.807) is 36.4 Å². The Hall–Kier alpha value is -3.77. The van der Waals surface area contributed by atoms with E-state index in [9.17, 15) is 14.7 Å². The van der Waals surface area contributed by atoms with Crippen LogP contribution in [0.15, 0.2) is 79.1 Å². The van der Waals surface area contributed by atoms with Gasteiger partial charge in [0.05, 0.1) is 11.3 Å². The van der Waals surface area contributed by atoms with Gasteiger partial charge >= 0.3 is 11.3 Å². The lowest BCUT2D eigenvalue weighted by atomic mass is 10.0. The van der Waals surface area contributed by atoms with Crippen LogP contribution in [-0.4, -0.2) is 16.7 Å². The third kappa shape index (κ3) is 2.81. The van der Waals surface area contributed by atoms with Gasteiger partial charge in [0.15, 0.2) is 5.52 Å². The molecule has 0 amide bonds. The molecule has 0 spiro atoms. The molecular weight excluding hydrogens is 370 g/mol. The topological polar surface area (TPSA) is 93.5 Å². The molecule has 0 saturated carbocycles. The van der Waals surface area contributed by atoms with E-state index >= 15 is 0 Å². The molecule has 6 heteroatoms. The monoisotopic (exact) mass is 385 g/mol. The van der Waals surface area contributed by atoms with Crippen LogP contribution in [0.4, 0.5) is 0 Å². The number of nitrogens with zero attached hydrogens (tertiary/aromatic N) is 1. The van der Waals surface area contributed by atoms with Crippen LogP contribution in [0.1, 0.15) is 5.56 Å². The van der Waals surface area contributed by atoms with Crippen LogP contribution in [0.5, 0.6) is 0 Å². The maximum Gasteiger partial charge on any atom is 0.363 e. The minimum atomic E-state index is -0.583. The Morgan fingerprint density at radius 3 is 2.38 bits per heavy atom. The van der Waals surface area contributed by atoms with E-state index in [1.807, 2.05) is 24.3 Å². The number of para-hydroxylation sites is 2. The van der Waals surface area contributed by atoms with Crippen molar-refractivity contribution in [3.8, 4) is 11.3 Å². The summed E-state index contributed by atoms with van der Waals surface area (Å²) in [6.07, 6.45) is 0.277. The maximum absolute atomic E-state index is 12.7. The second-order valence-electron chi connectivity index (χ2n) is 6.74. The molecule has 1 N–H and O–H groups in total. The van der Waals surface area contributed by atoms with Crippen molar-refractivity contribution in [3.63, 3.8) is 0 Å². The van der Waals surface area contributed by atoms with Gasteiger partial charge in [0, 0.05) is 22.8 Å². The van der Waals surface area contributed by atoms with Crippen LogP contribution in [0.2, 0.25) is 0 Å². The lowest BCUT2D eigenvalue weighted by Gasteiger charge is -2.11. The van der Waals surface area contributed by atoms with E-state index in [0.29, 0.717) is 27.8 Å². The highest BCUT2D eigenvalue weighted by Gasteiger charge is 2.18. The molecule has 0 aliphatic heterocycles. The highest BCUT2D eigenvalue weighted by molar-refractivity contribution is 6.03. The van der Waals surface area contributed by atoms with Gasteiger partial charge in [-0.3, -0.25) is 0 Å². The number of hydrogen-bond acceptors (Lipinski definition) is 6. The zero-order valence-corrected chi connectivity index (χ0v) is 15.2. The Balaban J connectivity index is 1.88. The van der Waals surface area contributed by atoms with Crippen molar-refractivity contribution < 1.29 is 13.9 Å². The number of aliphatic hydroxyl groups is 1. The second kappa shape index (κ2) is 6.68. The van der Waals surface area contributed by atoms with E-state index in [-0.39, 0.29) is 24.1 Å². The third-order valence-corrected chi connectivity index (χ3v) is 4.95. The summed E-state index contributed by atoms with van der Waals surface area (Å²) in [6.45, 7) is -0.127. The number of rotatable bonds is 3. The van der Waals surface area contributed by atoms with Gasteiger partial charge in [0.1, 0.15) is 11.2 Å². The SMILES string of the molecule is O=c1oc2ccccc2cc1-c1nc2c(=O)oc3ccccc3c2cc1CCO. The van der Waals surface area contributed by atoms with Gasteiger partial charge in [0.2, 0.25) is 0 Å². The fourth-order valence-corrected chi connectivity index (χ4v) is 3.61. The van der Waals surface area contributed by atoms with Crippen LogP contribution in [0.3, 0.4) is 0 Å². The molecule has 5 rings (SSSR count). The minimum Gasteiger partial charge on any atom is -0.422 e. The van der Waals surface area contributed by atoms with Crippen molar-refractivity contribution in [2.45, 2.75) is 6.42 Å². The first-order valence-electron chi connectivity index (χ1n) is 9.15. The zero-order chi connectivity index (χ0) is 20.0. The number of fused-ring (bicyclic) bond motifs is 4. The first-order valence-corrected chi connectivity index (χ1v) is 9.15. The van der Waals surface area contributed by atoms with Crippen molar-refractivity contribution in [2.75, 3.05) is 6.61 Å². The molecule has 29 heavy (non-hydrogen) atoms. The van der Waals surface area contributed by atoms with Crippen LogP contribution < -0.4 is 11.3 Å². The van der Waals surface area contributed by atoms with Crippen molar-refractivity contribution in [2.24, 2.45) is 0 Å². The van der Waals surface area contributed by atoms with E-state index in [0.717, 1.165) is 10.8 Å². The molecule has 0 radical (unpaired) electrons. The Labute approximate surface area is 163 Å². The number of hydrogen-bond donors (Lipinski definition) is 1. The lowest BCUT2D eigenvalue weighted by molar-refractivity contribution is 0.299. The Morgan fingerprint density at radius 2 is 1.55 bits per heavy atom. The summed E-state index contributed by atoms with van der Waals surface area (Å²) in [5.41, 5.74) is 1.12. The lowest BCUT2D eigenvalue weighted by Crippen LogP contribution is -2.10. The predicted octanol–water partition coefficient (Wildman–Crippen LogP) is 3.65. The van der Waals surface area contributed by atoms with Crippen molar-refractivity contribution in [1.82, 2.24) is 4.98 Å². The molecule has 3 heterocycles. The van der Waals surface area contributed by atoms with Crippen LogP contribution in [0, 0.1) is 0 Å². The second-order valence-corrected chi connectivity index (χ2v) is 6.74. The number of aromatic nitrogens is 1. The number of benzene rings is 2. The summed E-state index contributed by atoms with van der Waals surface area (Å²) < 4.78 is 10.8. The number of pyridine rings is 1. The van der Waals surface area contributed by atoms with Gasteiger partial charge in [-0.15, -0.1) is 0 Å². The average molecular weight is 385 g/mol. The summed E-state index contributed by atoms with van der Waals surface area (Å²) in [6, 6.07) is 17.8. The summed E-state index contributed by atoms with van der Waals surface area (Å²) in [4.78, 5) is 29.7. The fraction of sp³-hybridized carbons (Fsp3) is 0.0870. The normalized spacial score (nSPS) is 11.5. The summed E-state index contributed by atoms with van der Waals surface area (Å²) in [7, 11) is 0. The molecule has 0 aliphatic carbocycles. The molecule has 0 bridgehead atoms. The first kappa shape index (κ1) is 17.3. The molecule has 142 valence electrons. The van der Waals surface area contributed by atoms with Gasteiger partial charge in [0.25, 0.3) is 0 Å². The van der Waals surface area contributed by atoms with Gasteiger partial charge in [-0.1, -0.05) is 36.4 Å². The molecule has 3 aromatic heterocycles. The molecule has 5 aromatic rings. The average Bonchev–Trinajstić information content (AvgIpc) is 2.73. The molecule has 0 fully saturated rings. The van der Waals surface area contributed by atoms with E-state index in [1.165, 1.54) is 0 Å². The fourth-order valence-electron chi connectivity index (χ4n) is 3.61. The summed E-state index contributed by atoms with van der Waals surface area (Å²) in [5, 5.41) is 11.7. The van der Waals surface area contributed by atoms with Crippen LogP contribution in [0.25, 0.3) is 44.1 Å². The van der Waals surface area contributed by atoms with Crippen molar-refractivity contribution in [3.05, 3.63) is 87.1 Å². The quantitative estimate of drug-likeness (QED) is 0.376. The molecule has 0 unspecified atom stereocenters. The van der Waals surface area contributed by atoms with E-state index in [2.05, 4.69) is 4.98 Å². The Bertz CT molecular complexity index is 1510. The molecule has 0 atom stereocenters. The van der Waals surface area contributed by atoms with E-state index in [4.69, 9.17) is 8.83 Å².